The molecule has 0 unspecified atom stereocenters. The number of carbonyl (C=O) groups excluding carboxylic acids is 1. The molecule has 1 aromatic carbocycles. The van der Waals surface area contributed by atoms with Crippen LogP contribution in [0.25, 0.3) is 5.65 Å². The van der Waals surface area contributed by atoms with Crippen LogP contribution in [0.1, 0.15) is 21.9 Å². The Morgan fingerprint density at radius 3 is 2.69 bits per heavy atom. The summed E-state index contributed by atoms with van der Waals surface area (Å²) < 4.78 is 7.02. The van der Waals surface area contributed by atoms with Gasteiger partial charge in [0.2, 0.25) is 5.95 Å². The van der Waals surface area contributed by atoms with Crippen molar-refractivity contribution in [2.45, 2.75) is 23.8 Å². The molecule has 3 N–H and O–H groups in total. The van der Waals surface area contributed by atoms with Gasteiger partial charge in [0.1, 0.15) is 10.7 Å². The molecule has 4 heterocycles. The van der Waals surface area contributed by atoms with Gasteiger partial charge in [-0.2, -0.15) is 5.10 Å². The van der Waals surface area contributed by atoms with Crippen LogP contribution in [0.5, 0.6) is 0 Å². The van der Waals surface area contributed by atoms with Crippen LogP contribution in [0.2, 0.25) is 0 Å². The van der Waals surface area contributed by atoms with Crippen LogP contribution in [0, 0.1) is 13.8 Å². The molecule has 1 amide bonds. The molecule has 0 aliphatic rings. The summed E-state index contributed by atoms with van der Waals surface area (Å²) in [6.07, 6.45) is 3.39. The monoisotopic (exact) mass is 445 g/mol. The van der Waals surface area contributed by atoms with Crippen molar-refractivity contribution in [3.63, 3.8) is 0 Å². The lowest BCUT2D eigenvalue weighted by molar-refractivity contribution is 0.0996. The Bertz CT molecular complexity index is 1390. The number of aryl methyl sites for hydroxylation is 2. The minimum absolute atomic E-state index is 0.267. The summed E-state index contributed by atoms with van der Waals surface area (Å²) in [5.41, 5.74) is 3.32. The van der Waals surface area contributed by atoms with Crippen LogP contribution in [0.4, 0.5) is 17.5 Å². The maximum atomic E-state index is 12.1. The molecule has 5 rings (SSSR count). The second kappa shape index (κ2) is 8.23. The Kier molecular flexibility index (Phi) is 5.12. The number of aromatic amines is 1. The standard InChI is InChI=1S/C22H19N7O2S/c1-13-10-18(28-27-13)25-22-26-20(11-19-23-14(2)12-29(19)22)32-16-7-5-15(6-8-16)24-21(30)17-4-3-9-31-17/h3-12H,1-2H3,(H,24,30)(H2,25,26,27,28). The van der Waals surface area contributed by atoms with Crippen molar-refractivity contribution >= 4 is 40.8 Å². The Hall–Kier alpha value is -4.05. The molecule has 4 aromatic heterocycles. The maximum absolute atomic E-state index is 12.1. The molecule has 0 radical (unpaired) electrons. The SMILES string of the molecule is Cc1cn2c(Nc3cc(C)[nH]n3)nc(Sc3ccc(NC(=O)c4ccco4)cc3)cc2n1. The number of amides is 1. The van der Waals surface area contributed by atoms with Crippen molar-refractivity contribution in [1.29, 1.82) is 0 Å². The smallest absolute Gasteiger partial charge is 0.291 e. The van der Waals surface area contributed by atoms with E-state index < -0.39 is 0 Å². The molecule has 0 spiro atoms. The van der Waals surface area contributed by atoms with Crippen molar-refractivity contribution in [2.75, 3.05) is 10.6 Å². The summed E-state index contributed by atoms with van der Waals surface area (Å²) in [5.74, 6) is 1.28. The normalized spacial score (nSPS) is 11.1. The van der Waals surface area contributed by atoms with Crippen molar-refractivity contribution in [3.05, 3.63) is 78.1 Å². The number of nitrogens with zero attached hydrogens (tertiary/aromatic N) is 4. The molecule has 0 fully saturated rings. The quantitative estimate of drug-likeness (QED) is 0.321. The lowest BCUT2D eigenvalue weighted by Gasteiger charge is -2.09. The van der Waals surface area contributed by atoms with Crippen LogP contribution in [-0.2, 0) is 0 Å². The van der Waals surface area contributed by atoms with Crippen LogP contribution in [0.3, 0.4) is 0 Å². The summed E-state index contributed by atoms with van der Waals surface area (Å²) in [6.45, 7) is 3.88. The fraction of sp³-hybridized carbons (Fsp3) is 0.0909. The van der Waals surface area contributed by atoms with E-state index >= 15 is 0 Å². The van der Waals surface area contributed by atoms with Crippen LogP contribution in [-0.4, -0.2) is 30.5 Å². The number of imidazole rings is 1. The first-order valence-corrected chi connectivity index (χ1v) is 10.6. The zero-order valence-corrected chi connectivity index (χ0v) is 18.1. The fourth-order valence-electron chi connectivity index (χ4n) is 3.15. The average molecular weight is 446 g/mol. The average Bonchev–Trinajstić information content (AvgIpc) is 3.51. The van der Waals surface area contributed by atoms with Crippen LogP contribution < -0.4 is 10.6 Å². The van der Waals surface area contributed by atoms with Crippen molar-refractivity contribution in [2.24, 2.45) is 0 Å². The maximum Gasteiger partial charge on any atom is 0.291 e. The van der Waals surface area contributed by atoms with Gasteiger partial charge in [-0.25, -0.2) is 9.97 Å². The Labute approximate surface area is 187 Å². The van der Waals surface area contributed by atoms with Crippen LogP contribution in [0.15, 0.2) is 75.3 Å². The number of rotatable bonds is 6. The van der Waals surface area contributed by atoms with Gasteiger partial charge < -0.3 is 15.1 Å². The van der Waals surface area contributed by atoms with Gasteiger partial charge in [-0.3, -0.25) is 14.3 Å². The fourth-order valence-corrected chi connectivity index (χ4v) is 3.96. The molecule has 5 aromatic rings. The first-order valence-electron chi connectivity index (χ1n) is 9.82. The van der Waals surface area contributed by atoms with Crippen molar-refractivity contribution in [3.8, 4) is 0 Å². The van der Waals surface area contributed by atoms with Gasteiger partial charge in [0.25, 0.3) is 5.91 Å². The molecule has 9 nitrogen and oxygen atoms in total. The number of furan rings is 1. The summed E-state index contributed by atoms with van der Waals surface area (Å²) in [5, 5.41) is 14.0. The third-order valence-corrected chi connectivity index (χ3v) is 5.50. The third-order valence-electron chi connectivity index (χ3n) is 4.58. The van der Waals surface area contributed by atoms with Gasteiger partial charge in [0.15, 0.2) is 11.6 Å². The van der Waals surface area contributed by atoms with E-state index in [1.54, 1.807) is 12.1 Å². The number of nitrogens with one attached hydrogen (secondary N) is 3. The van der Waals surface area contributed by atoms with E-state index in [1.165, 1.54) is 18.0 Å². The molecule has 0 bridgehead atoms. The number of benzene rings is 1. The highest BCUT2D eigenvalue weighted by Crippen LogP contribution is 2.30. The lowest BCUT2D eigenvalue weighted by Crippen LogP contribution is -2.10. The molecular formula is C22H19N7O2S. The highest BCUT2D eigenvalue weighted by atomic mass is 32.2. The van der Waals surface area contributed by atoms with E-state index in [4.69, 9.17) is 9.40 Å². The lowest BCUT2D eigenvalue weighted by atomic mass is 10.3. The van der Waals surface area contributed by atoms with Gasteiger partial charge in [-0.05, 0) is 50.2 Å². The predicted octanol–water partition coefficient (Wildman–Crippen LogP) is 4.81. The van der Waals surface area contributed by atoms with Gasteiger partial charge in [-0.15, -0.1) is 0 Å². The van der Waals surface area contributed by atoms with E-state index in [-0.39, 0.29) is 11.7 Å². The van der Waals surface area contributed by atoms with Crippen molar-refractivity contribution in [1.82, 2.24) is 24.6 Å². The van der Waals surface area contributed by atoms with Gasteiger partial charge in [0.05, 0.1) is 12.0 Å². The largest absolute Gasteiger partial charge is 0.459 e. The minimum atomic E-state index is -0.290. The first-order chi connectivity index (χ1) is 15.5. The Morgan fingerprint density at radius 1 is 1.12 bits per heavy atom. The van der Waals surface area contributed by atoms with E-state index in [1.807, 2.05) is 60.8 Å². The molecule has 0 saturated heterocycles. The number of fused-ring (bicyclic) bond motifs is 1. The third kappa shape index (κ3) is 4.21. The summed E-state index contributed by atoms with van der Waals surface area (Å²) in [7, 11) is 0. The second-order valence-corrected chi connectivity index (χ2v) is 8.24. The molecule has 10 heteroatoms. The number of hydrogen-bond acceptors (Lipinski definition) is 7. The number of anilines is 3. The van der Waals surface area contributed by atoms with Gasteiger partial charge in [0, 0.05) is 34.6 Å². The number of H-pyrrole nitrogens is 1. The number of hydrogen-bond donors (Lipinski definition) is 3. The van der Waals surface area contributed by atoms with E-state index in [0.717, 1.165) is 27.0 Å². The molecule has 0 aliphatic heterocycles. The molecular weight excluding hydrogens is 426 g/mol. The predicted molar refractivity (Wildman–Crippen MR) is 122 cm³/mol. The zero-order valence-electron chi connectivity index (χ0n) is 17.3. The zero-order chi connectivity index (χ0) is 22.1. The van der Waals surface area contributed by atoms with E-state index in [9.17, 15) is 4.79 Å². The summed E-state index contributed by atoms with van der Waals surface area (Å²) in [4.78, 5) is 22.4. The first kappa shape index (κ1) is 19.9. The number of aromatic nitrogens is 5. The van der Waals surface area contributed by atoms with Gasteiger partial charge in [-0.1, -0.05) is 11.8 Å². The van der Waals surface area contributed by atoms with E-state index in [0.29, 0.717) is 17.5 Å². The second-order valence-electron chi connectivity index (χ2n) is 7.15. The minimum Gasteiger partial charge on any atom is -0.459 e. The highest BCUT2D eigenvalue weighted by molar-refractivity contribution is 7.99. The summed E-state index contributed by atoms with van der Waals surface area (Å²) >= 11 is 1.50. The molecule has 0 saturated carbocycles. The molecule has 0 aliphatic carbocycles. The highest BCUT2D eigenvalue weighted by Gasteiger charge is 2.12. The van der Waals surface area contributed by atoms with Crippen molar-refractivity contribution < 1.29 is 9.21 Å². The molecule has 32 heavy (non-hydrogen) atoms. The summed E-state index contributed by atoms with van der Waals surface area (Å²) in [6, 6.07) is 14.7. The van der Waals surface area contributed by atoms with Crippen LogP contribution >= 0.6 is 11.8 Å². The topological polar surface area (TPSA) is 113 Å². The van der Waals surface area contributed by atoms with Gasteiger partial charge >= 0.3 is 0 Å². The Morgan fingerprint density at radius 2 is 1.97 bits per heavy atom. The molecule has 0 atom stereocenters. The molecule has 160 valence electrons. The van der Waals surface area contributed by atoms with E-state index in [2.05, 4.69) is 25.8 Å². The Balaban J connectivity index is 1.37. The number of carbonyl (C=O) groups is 1.